The van der Waals surface area contributed by atoms with Gasteiger partial charge in [-0.2, -0.15) is 0 Å². The molecular formula is C16H21N3. The van der Waals surface area contributed by atoms with Gasteiger partial charge in [0.25, 0.3) is 0 Å². The molecule has 0 atom stereocenters. The summed E-state index contributed by atoms with van der Waals surface area (Å²) in [6.07, 6.45) is 0. The van der Waals surface area contributed by atoms with Crippen LogP contribution in [0.2, 0.25) is 0 Å². The average molecular weight is 255 g/mol. The fraction of sp³-hybridized carbons (Fsp3) is 0.250. The van der Waals surface area contributed by atoms with Crippen molar-refractivity contribution in [3.63, 3.8) is 0 Å². The Balaban J connectivity index is 2.09. The third-order valence-corrected chi connectivity index (χ3v) is 3.35. The molecule has 0 bridgehead atoms. The number of anilines is 2. The summed E-state index contributed by atoms with van der Waals surface area (Å²) in [5.41, 5.74) is 16.0. The van der Waals surface area contributed by atoms with E-state index in [9.17, 15) is 0 Å². The predicted molar refractivity (Wildman–Crippen MR) is 81.5 cm³/mol. The molecule has 0 unspecified atom stereocenters. The van der Waals surface area contributed by atoms with Crippen LogP contribution in [-0.2, 0) is 13.1 Å². The molecule has 3 heteroatoms. The van der Waals surface area contributed by atoms with E-state index in [0.29, 0.717) is 0 Å². The van der Waals surface area contributed by atoms with Gasteiger partial charge in [-0.3, -0.25) is 4.90 Å². The van der Waals surface area contributed by atoms with Crippen molar-refractivity contribution in [3.8, 4) is 0 Å². The first-order valence-electron chi connectivity index (χ1n) is 6.59. The molecular weight excluding hydrogens is 234 g/mol. The van der Waals surface area contributed by atoms with E-state index >= 15 is 0 Å². The van der Waals surface area contributed by atoms with E-state index in [4.69, 9.17) is 11.5 Å². The first-order valence-corrected chi connectivity index (χ1v) is 6.59. The van der Waals surface area contributed by atoms with Gasteiger partial charge in [0.15, 0.2) is 0 Å². The van der Waals surface area contributed by atoms with Crippen LogP contribution in [0.15, 0.2) is 48.5 Å². The van der Waals surface area contributed by atoms with Crippen LogP contribution in [0.1, 0.15) is 18.1 Å². The predicted octanol–water partition coefficient (Wildman–Crippen LogP) is 2.87. The summed E-state index contributed by atoms with van der Waals surface area (Å²) in [5.74, 6) is 0. The Bertz CT molecular complexity index is 490. The van der Waals surface area contributed by atoms with Gasteiger partial charge in [0.2, 0.25) is 0 Å². The Morgan fingerprint density at radius 2 is 1.21 bits per heavy atom. The van der Waals surface area contributed by atoms with E-state index in [-0.39, 0.29) is 0 Å². The van der Waals surface area contributed by atoms with Crippen molar-refractivity contribution in [2.75, 3.05) is 18.0 Å². The first-order chi connectivity index (χ1) is 9.20. The lowest BCUT2D eigenvalue weighted by Crippen LogP contribution is -2.23. The molecule has 3 nitrogen and oxygen atoms in total. The molecule has 0 radical (unpaired) electrons. The summed E-state index contributed by atoms with van der Waals surface area (Å²) in [5, 5.41) is 0. The number of rotatable bonds is 5. The van der Waals surface area contributed by atoms with Crippen LogP contribution in [0.3, 0.4) is 0 Å². The molecule has 0 aromatic heterocycles. The normalized spacial score (nSPS) is 10.8. The summed E-state index contributed by atoms with van der Waals surface area (Å²) < 4.78 is 0. The number of nitrogens with zero attached hydrogens (tertiary/aromatic N) is 1. The zero-order chi connectivity index (χ0) is 13.7. The number of hydrogen-bond acceptors (Lipinski definition) is 3. The third-order valence-electron chi connectivity index (χ3n) is 3.35. The topological polar surface area (TPSA) is 55.3 Å². The van der Waals surface area contributed by atoms with Gasteiger partial charge >= 0.3 is 0 Å². The third kappa shape index (κ3) is 3.48. The van der Waals surface area contributed by atoms with Crippen molar-refractivity contribution in [3.05, 3.63) is 59.7 Å². The SMILES string of the molecule is CCN(Cc1ccccc1N)Cc1ccccc1N. The zero-order valence-corrected chi connectivity index (χ0v) is 11.3. The Kier molecular flexibility index (Phi) is 4.42. The maximum absolute atomic E-state index is 6.00. The van der Waals surface area contributed by atoms with Crippen molar-refractivity contribution >= 4 is 11.4 Å². The Morgan fingerprint density at radius 1 is 0.789 bits per heavy atom. The van der Waals surface area contributed by atoms with Crippen LogP contribution in [-0.4, -0.2) is 11.4 Å². The van der Waals surface area contributed by atoms with Crippen LogP contribution in [0.5, 0.6) is 0 Å². The Morgan fingerprint density at radius 3 is 1.58 bits per heavy atom. The van der Waals surface area contributed by atoms with Gasteiger partial charge in [-0.15, -0.1) is 0 Å². The van der Waals surface area contributed by atoms with Gasteiger partial charge in [0.1, 0.15) is 0 Å². The summed E-state index contributed by atoms with van der Waals surface area (Å²) >= 11 is 0. The van der Waals surface area contributed by atoms with Crippen molar-refractivity contribution in [1.29, 1.82) is 0 Å². The number of nitrogens with two attached hydrogens (primary N) is 2. The lowest BCUT2D eigenvalue weighted by Gasteiger charge is -2.22. The van der Waals surface area contributed by atoms with Gasteiger partial charge in [0, 0.05) is 24.5 Å². The number of benzene rings is 2. The summed E-state index contributed by atoms with van der Waals surface area (Å²) in [4.78, 5) is 2.33. The minimum absolute atomic E-state index is 0.845. The number of para-hydroxylation sites is 2. The minimum Gasteiger partial charge on any atom is -0.398 e. The average Bonchev–Trinajstić information content (AvgIpc) is 2.42. The molecule has 0 aliphatic rings. The molecule has 0 heterocycles. The molecule has 2 aromatic carbocycles. The lowest BCUT2D eigenvalue weighted by molar-refractivity contribution is 0.272. The van der Waals surface area contributed by atoms with Gasteiger partial charge < -0.3 is 11.5 Å². The highest BCUT2D eigenvalue weighted by molar-refractivity contribution is 5.47. The molecule has 0 amide bonds. The molecule has 0 fully saturated rings. The van der Waals surface area contributed by atoms with E-state index in [0.717, 1.165) is 31.0 Å². The van der Waals surface area contributed by atoms with E-state index in [1.165, 1.54) is 11.1 Å². The van der Waals surface area contributed by atoms with Crippen LogP contribution in [0, 0.1) is 0 Å². The second-order valence-electron chi connectivity index (χ2n) is 4.70. The molecule has 19 heavy (non-hydrogen) atoms. The fourth-order valence-corrected chi connectivity index (χ4v) is 2.12. The molecule has 0 saturated carbocycles. The highest BCUT2D eigenvalue weighted by Gasteiger charge is 2.08. The van der Waals surface area contributed by atoms with Crippen LogP contribution >= 0.6 is 0 Å². The standard InChI is InChI=1S/C16H21N3/c1-2-19(11-13-7-3-5-9-15(13)17)12-14-8-4-6-10-16(14)18/h3-10H,2,11-12,17-18H2,1H3. The summed E-state index contributed by atoms with van der Waals surface area (Å²) in [7, 11) is 0. The van der Waals surface area contributed by atoms with Crippen LogP contribution < -0.4 is 11.5 Å². The molecule has 0 spiro atoms. The summed E-state index contributed by atoms with van der Waals surface area (Å²) in [6, 6.07) is 16.0. The van der Waals surface area contributed by atoms with Crippen molar-refractivity contribution < 1.29 is 0 Å². The molecule has 100 valence electrons. The second kappa shape index (κ2) is 6.25. The largest absolute Gasteiger partial charge is 0.398 e. The van der Waals surface area contributed by atoms with E-state index in [1.54, 1.807) is 0 Å². The van der Waals surface area contributed by atoms with E-state index in [2.05, 4.69) is 24.0 Å². The Labute approximate surface area is 114 Å². The van der Waals surface area contributed by atoms with E-state index in [1.807, 2.05) is 36.4 Å². The maximum Gasteiger partial charge on any atom is 0.0359 e. The van der Waals surface area contributed by atoms with Crippen LogP contribution in [0.4, 0.5) is 11.4 Å². The maximum atomic E-state index is 6.00. The lowest BCUT2D eigenvalue weighted by atomic mass is 10.1. The van der Waals surface area contributed by atoms with Gasteiger partial charge in [-0.25, -0.2) is 0 Å². The van der Waals surface area contributed by atoms with Crippen molar-refractivity contribution in [2.24, 2.45) is 0 Å². The van der Waals surface area contributed by atoms with Gasteiger partial charge in [-0.1, -0.05) is 43.3 Å². The monoisotopic (exact) mass is 255 g/mol. The summed E-state index contributed by atoms with van der Waals surface area (Å²) in [6.45, 7) is 4.80. The van der Waals surface area contributed by atoms with Gasteiger partial charge in [-0.05, 0) is 29.8 Å². The Hall–Kier alpha value is -2.00. The van der Waals surface area contributed by atoms with E-state index < -0.39 is 0 Å². The minimum atomic E-state index is 0.845. The molecule has 0 aliphatic carbocycles. The second-order valence-corrected chi connectivity index (χ2v) is 4.70. The number of hydrogen-bond donors (Lipinski definition) is 2. The van der Waals surface area contributed by atoms with Crippen LogP contribution in [0.25, 0.3) is 0 Å². The molecule has 0 saturated heterocycles. The van der Waals surface area contributed by atoms with Crippen molar-refractivity contribution in [2.45, 2.75) is 20.0 Å². The van der Waals surface area contributed by atoms with Gasteiger partial charge in [0.05, 0.1) is 0 Å². The highest BCUT2D eigenvalue weighted by atomic mass is 15.1. The fourth-order valence-electron chi connectivity index (χ4n) is 2.12. The highest BCUT2D eigenvalue weighted by Crippen LogP contribution is 2.17. The smallest absolute Gasteiger partial charge is 0.0359 e. The van der Waals surface area contributed by atoms with Crippen molar-refractivity contribution in [1.82, 2.24) is 4.90 Å². The first kappa shape index (κ1) is 13.4. The quantitative estimate of drug-likeness (QED) is 0.808. The molecule has 2 aromatic rings. The molecule has 2 rings (SSSR count). The molecule has 4 N–H and O–H groups in total. The zero-order valence-electron chi connectivity index (χ0n) is 11.3. The number of nitrogen functional groups attached to an aromatic ring is 2. The molecule has 0 aliphatic heterocycles.